The summed E-state index contributed by atoms with van der Waals surface area (Å²) in [6.45, 7) is 2.46. The van der Waals surface area contributed by atoms with Crippen molar-refractivity contribution in [1.82, 2.24) is 4.90 Å². The molecule has 0 bridgehead atoms. The van der Waals surface area contributed by atoms with Crippen molar-refractivity contribution in [2.75, 3.05) is 13.7 Å². The molecule has 1 aliphatic heterocycles. The molecule has 0 aliphatic carbocycles. The van der Waals surface area contributed by atoms with E-state index in [1.54, 1.807) is 24.1 Å². The Morgan fingerprint density at radius 2 is 1.96 bits per heavy atom. The number of carboxylic acid groups (broad SMARTS) is 1. The number of furan rings is 1. The van der Waals surface area contributed by atoms with Crippen molar-refractivity contribution in [1.29, 1.82) is 0 Å². The van der Waals surface area contributed by atoms with Crippen molar-refractivity contribution in [3.8, 4) is 11.3 Å². The summed E-state index contributed by atoms with van der Waals surface area (Å²) in [6, 6.07) is 11.0. The van der Waals surface area contributed by atoms with Crippen molar-refractivity contribution in [3.05, 3.63) is 47.7 Å². The Morgan fingerprint density at radius 1 is 1.23 bits per heavy atom. The van der Waals surface area contributed by atoms with Crippen LogP contribution in [0.15, 0.2) is 40.8 Å². The number of benzene rings is 1. The van der Waals surface area contributed by atoms with Crippen LogP contribution in [0, 0.1) is 0 Å². The lowest BCUT2D eigenvalue weighted by Gasteiger charge is -2.21. The Bertz CT molecular complexity index is 780. The molecule has 2 atom stereocenters. The monoisotopic (exact) mass is 357 g/mol. The van der Waals surface area contributed by atoms with Gasteiger partial charge in [-0.05, 0) is 30.5 Å². The molecule has 1 aliphatic rings. The average molecular weight is 357 g/mol. The van der Waals surface area contributed by atoms with Crippen LogP contribution in [-0.4, -0.2) is 47.7 Å². The van der Waals surface area contributed by atoms with E-state index in [1.165, 1.54) is 5.56 Å². The van der Waals surface area contributed by atoms with E-state index in [9.17, 15) is 9.59 Å². The summed E-state index contributed by atoms with van der Waals surface area (Å²) >= 11 is 0. The maximum Gasteiger partial charge on any atom is 0.305 e. The van der Waals surface area contributed by atoms with Crippen LogP contribution in [0.2, 0.25) is 0 Å². The lowest BCUT2D eigenvalue weighted by Crippen LogP contribution is -2.37. The molecule has 1 saturated heterocycles. The third kappa shape index (κ3) is 3.80. The fourth-order valence-corrected chi connectivity index (χ4v) is 3.34. The van der Waals surface area contributed by atoms with E-state index >= 15 is 0 Å². The van der Waals surface area contributed by atoms with Crippen LogP contribution in [0.4, 0.5) is 0 Å². The smallest absolute Gasteiger partial charge is 0.305 e. The number of aliphatic carboxylic acids is 1. The number of carbonyl (C=O) groups excluding carboxylic acids is 1. The zero-order valence-electron chi connectivity index (χ0n) is 15.0. The Morgan fingerprint density at radius 3 is 2.58 bits per heavy atom. The molecule has 2 unspecified atom stereocenters. The first-order valence-corrected chi connectivity index (χ1v) is 8.76. The standard InChI is InChI=1S/C20H23NO5/c1-3-13-4-6-14(7-5-13)17-8-9-18(26-17)20(24)21-12-16(25-2)10-15(21)11-19(22)23/h4-9,15-16H,3,10-12H2,1-2H3,(H,22,23). The summed E-state index contributed by atoms with van der Waals surface area (Å²) in [5.41, 5.74) is 2.13. The van der Waals surface area contributed by atoms with Gasteiger partial charge < -0.3 is 19.2 Å². The number of carboxylic acids is 1. The van der Waals surface area contributed by atoms with Gasteiger partial charge in [0.15, 0.2) is 5.76 Å². The second-order valence-corrected chi connectivity index (χ2v) is 6.52. The third-order valence-electron chi connectivity index (χ3n) is 4.84. The van der Waals surface area contributed by atoms with Crippen molar-refractivity contribution in [3.63, 3.8) is 0 Å². The Balaban J connectivity index is 1.78. The largest absolute Gasteiger partial charge is 0.481 e. The highest BCUT2D eigenvalue weighted by Gasteiger charge is 2.37. The zero-order valence-corrected chi connectivity index (χ0v) is 15.0. The first kappa shape index (κ1) is 18.2. The second kappa shape index (κ2) is 7.74. The van der Waals surface area contributed by atoms with E-state index < -0.39 is 5.97 Å². The van der Waals surface area contributed by atoms with Gasteiger partial charge in [-0.2, -0.15) is 0 Å². The molecular formula is C20H23NO5. The predicted molar refractivity (Wildman–Crippen MR) is 96.0 cm³/mol. The van der Waals surface area contributed by atoms with Gasteiger partial charge in [-0.1, -0.05) is 31.2 Å². The minimum atomic E-state index is -0.930. The van der Waals surface area contributed by atoms with Gasteiger partial charge in [-0.3, -0.25) is 9.59 Å². The van der Waals surface area contributed by atoms with Gasteiger partial charge in [0.1, 0.15) is 5.76 Å². The van der Waals surface area contributed by atoms with Gasteiger partial charge in [-0.25, -0.2) is 0 Å². The van der Waals surface area contributed by atoms with Crippen molar-refractivity contribution in [2.24, 2.45) is 0 Å². The normalized spacial score (nSPS) is 19.7. The average Bonchev–Trinajstić information content (AvgIpc) is 3.28. The Kier molecular flexibility index (Phi) is 5.42. The molecule has 3 rings (SSSR count). The predicted octanol–water partition coefficient (Wildman–Crippen LogP) is 3.21. The lowest BCUT2D eigenvalue weighted by molar-refractivity contribution is -0.138. The van der Waals surface area contributed by atoms with Gasteiger partial charge in [-0.15, -0.1) is 0 Å². The molecule has 0 saturated carbocycles. The molecular weight excluding hydrogens is 334 g/mol. The number of hydrogen-bond acceptors (Lipinski definition) is 4. The second-order valence-electron chi connectivity index (χ2n) is 6.52. The van der Waals surface area contributed by atoms with Crippen LogP contribution in [-0.2, 0) is 16.0 Å². The fraction of sp³-hybridized carbons (Fsp3) is 0.400. The molecule has 0 spiro atoms. The van der Waals surface area contributed by atoms with E-state index in [2.05, 4.69) is 6.92 Å². The molecule has 6 nitrogen and oxygen atoms in total. The maximum absolute atomic E-state index is 12.8. The van der Waals surface area contributed by atoms with E-state index in [-0.39, 0.29) is 30.2 Å². The van der Waals surface area contributed by atoms with E-state index in [4.69, 9.17) is 14.3 Å². The van der Waals surface area contributed by atoms with Crippen LogP contribution in [0.5, 0.6) is 0 Å². The van der Waals surface area contributed by atoms with E-state index in [1.807, 2.05) is 24.3 Å². The van der Waals surface area contributed by atoms with Crippen LogP contribution < -0.4 is 0 Å². The minimum Gasteiger partial charge on any atom is -0.481 e. The first-order chi connectivity index (χ1) is 12.5. The van der Waals surface area contributed by atoms with Crippen LogP contribution in [0.1, 0.15) is 35.9 Å². The number of nitrogens with zero attached hydrogens (tertiary/aromatic N) is 1. The number of hydrogen-bond donors (Lipinski definition) is 1. The highest BCUT2D eigenvalue weighted by molar-refractivity contribution is 5.93. The van der Waals surface area contributed by atoms with Gasteiger partial charge in [0, 0.05) is 25.3 Å². The van der Waals surface area contributed by atoms with Crippen molar-refractivity contribution >= 4 is 11.9 Å². The number of methoxy groups -OCH3 is 1. The SMILES string of the molecule is CCc1ccc(-c2ccc(C(=O)N3CC(OC)CC3CC(=O)O)o2)cc1. The molecule has 138 valence electrons. The zero-order chi connectivity index (χ0) is 18.7. The lowest BCUT2D eigenvalue weighted by atomic mass is 10.1. The number of aryl methyl sites for hydroxylation is 1. The summed E-state index contributed by atoms with van der Waals surface area (Å²) in [7, 11) is 1.57. The number of likely N-dealkylation sites (tertiary alicyclic amines) is 1. The summed E-state index contributed by atoms with van der Waals surface area (Å²) < 4.78 is 11.1. The molecule has 26 heavy (non-hydrogen) atoms. The summed E-state index contributed by atoms with van der Waals surface area (Å²) in [4.78, 5) is 25.5. The topological polar surface area (TPSA) is 80.0 Å². The van der Waals surface area contributed by atoms with E-state index in [0.29, 0.717) is 18.7 Å². The maximum atomic E-state index is 12.8. The van der Waals surface area contributed by atoms with Crippen LogP contribution in [0.3, 0.4) is 0 Å². The molecule has 1 fully saturated rings. The fourth-order valence-electron chi connectivity index (χ4n) is 3.34. The van der Waals surface area contributed by atoms with Gasteiger partial charge >= 0.3 is 5.97 Å². The van der Waals surface area contributed by atoms with E-state index in [0.717, 1.165) is 12.0 Å². The Hall–Kier alpha value is -2.60. The third-order valence-corrected chi connectivity index (χ3v) is 4.84. The molecule has 6 heteroatoms. The molecule has 2 heterocycles. The van der Waals surface area contributed by atoms with Crippen molar-refractivity contribution < 1.29 is 23.8 Å². The first-order valence-electron chi connectivity index (χ1n) is 8.76. The molecule has 1 amide bonds. The number of carbonyl (C=O) groups is 2. The minimum absolute atomic E-state index is 0.0996. The number of rotatable bonds is 6. The summed E-state index contributed by atoms with van der Waals surface area (Å²) in [6.07, 6.45) is 1.22. The molecule has 2 aromatic rings. The van der Waals surface area contributed by atoms with Crippen LogP contribution >= 0.6 is 0 Å². The molecule has 1 N–H and O–H groups in total. The number of amides is 1. The molecule has 1 aromatic carbocycles. The quantitative estimate of drug-likeness (QED) is 0.859. The highest BCUT2D eigenvalue weighted by Crippen LogP contribution is 2.28. The van der Waals surface area contributed by atoms with Gasteiger partial charge in [0.25, 0.3) is 5.91 Å². The summed E-state index contributed by atoms with van der Waals surface area (Å²) in [5.74, 6) is -0.395. The number of ether oxygens (including phenoxy) is 1. The van der Waals surface area contributed by atoms with Gasteiger partial charge in [0.2, 0.25) is 0 Å². The van der Waals surface area contributed by atoms with Gasteiger partial charge in [0.05, 0.1) is 12.5 Å². The Labute approximate surface area is 152 Å². The molecule has 0 radical (unpaired) electrons. The summed E-state index contributed by atoms with van der Waals surface area (Å²) in [5, 5.41) is 9.10. The molecule has 1 aromatic heterocycles. The van der Waals surface area contributed by atoms with Crippen LogP contribution in [0.25, 0.3) is 11.3 Å². The highest BCUT2D eigenvalue weighted by atomic mass is 16.5. The van der Waals surface area contributed by atoms with Crippen molar-refractivity contribution in [2.45, 2.75) is 38.3 Å².